The lowest BCUT2D eigenvalue weighted by molar-refractivity contribution is -0.384. The Morgan fingerprint density at radius 1 is 1.26 bits per heavy atom. The van der Waals surface area contributed by atoms with Gasteiger partial charge < -0.3 is 15.7 Å². The first-order valence-electron chi connectivity index (χ1n) is 7.98. The summed E-state index contributed by atoms with van der Waals surface area (Å²) in [4.78, 5) is 22.1. The standard InChI is InChI=1S/C16H23N3O4/c20-11-13-3-1-2-4-15(13)18-16(21)17-10-9-12-5-7-14(8-6-12)19(22)23/h5-8,13,15,20H,1-4,9-11H2,(H2,17,18,21). The summed E-state index contributed by atoms with van der Waals surface area (Å²) >= 11 is 0. The average Bonchev–Trinajstić information content (AvgIpc) is 2.56. The molecule has 2 rings (SSSR count). The van der Waals surface area contributed by atoms with E-state index < -0.39 is 4.92 Å². The first-order valence-corrected chi connectivity index (χ1v) is 7.98. The summed E-state index contributed by atoms with van der Waals surface area (Å²) in [6.45, 7) is 0.563. The first-order chi connectivity index (χ1) is 11.1. The molecule has 2 amide bonds. The monoisotopic (exact) mass is 321 g/mol. The number of hydrogen-bond acceptors (Lipinski definition) is 4. The van der Waals surface area contributed by atoms with Crippen LogP contribution < -0.4 is 10.6 Å². The molecule has 1 fully saturated rings. The molecule has 7 heteroatoms. The molecule has 7 nitrogen and oxygen atoms in total. The lowest BCUT2D eigenvalue weighted by atomic mass is 9.85. The number of non-ortho nitro benzene ring substituents is 1. The summed E-state index contributed by atoms with van der Waals surface area (Å²) in [7, 11) is 0. The van der Waals surface area contributed by atoms with Gasteiger partial charge >= 0.3 is 6.03 Å². The Morgan fingerprint density at radius 3 is 2.61 bits per heavy atom. The molecule has 1 aromatic rings. The Balaban J connectivity index is 1.72. The van der Waals surface area contributed by atoms with Crippen LogP contribution in [0.25, 0.3) is 0 Å². The highest BCUT2D eigenvalue weighted by Gasteiger charge is 2.25. The molecule has 0 bridgehead atoms. The van der Waals surface area contributed by atoms with Crippen molar-refractivity contribution in [3.63, 3.8) is 0 Å². The summed E-state index contributed by atoms with van der Waals surface area (Å²) < 4.78 is 0. The van der Waals surface area contributed by atoms with Crippen molar-refractivity contribution >= 4 is 11.7 Å². The first kappa shape index (κ1) is 17.2. The zero-order chi connectivity index (χ0) is 16.7. The highest BCUT2D eigenvalue weighted by atomic mass is 16.6. The van der Waals surface area contributed by atoms with E-state index in [1.807, 2.05) is 0 Å². The van der Waals surface area contributed by atoms with E-state index in [1.54, 1.807) is 12.1 Å². The highest BCUT2D eigenvalue weighted by Crippen LogP contribution is 2.23. The molecule has 0 saturated heterocycles. The molecule has 23 heavy (non-hydrogen) atoms. The van der Waals surface area contributed by atoms with Crippen molar-refractivity contribution in [1.82, 2.24) is 10.6 Å². The third-order valence-corrected chi connectivity index (χ3v) is 4.31. The number of urea groups is 1. The second-order valence-electron chi connectivity index (χ2n) is 5.91. The fourth-order valence-electron chi connectivity index (χ4n) is 2.94. The van der Waals surface area contributed by atoms with Crippen molar-refractivity contribution in [2.45, 2.75) is 38.1 Å². The smallest absolute Gasteiger partial charge is 0.315 e. The van der Waals surface area contributed by atoms with Gasteiger partial charge in [0.1, 0.15) is 0 Å². The topological polar surface area (TPSA) is 104 Å². The number of benzene rings is 1. The van der Waals surface area contributed by atoms with E-state index in [-0.39, 0.29) is 30.3 Å². The van der Waals surface area contributed by atoms with Gasteiger partial charge in [0.2, 0.25) is 0 Å². The van der Waals surface area contributed by atoms with Crippen LogP contribution in [-0.4, -0.2) is 35.3 Å². The van der Waals surface area contributed by atoms with Crippen LogP contribution in [0, 0.1) is 16.0 Å². The van der Waals surface area contributed by atoms with Crippen molar-refractivity contribution in [3.8, 4) is 0 Å². The molecule has 1 aromatic carbocycles. The number of nitrogens with zero attached hydrogens (tertiary/aromatic N) is 1. The van der Waals surface area contributed by atoms with Crippen LogP contribution >= 0.6 is 0 Å². The van der Waals surface area contributed by atoms with Crippen molar-refractivity contribution in [2.75, 3.05) is 13.2 Å². The molecule has 0 radical (unpaired) electrons. The number of nitrogens with one attached hydrogen (secondary N) is 2. The summed E-state index contributed by atoms with van der Waals surface area (Å²) in [5, 5.41) is 25.6. The molecule has 0 heterocycles. The van der Waals surface area contributed by atoms with E-state index >= 15 is 0 Å². The predicted molar refractivity (Wildman–Crippen MR) is 86.2 cm³/mol. The maximum absolute atomic E-state index is 11.9. The molecule has 0 aliphatic heterocycles. The number of aliphatic hydroxyl groups excluding tert-OH is 1. The van der Waals surface area contributed by atoms with Crippen LogP contribution in [0.1, 0.15) is 31.2 Å². The van der Waals surface area contributed by atoms with E-state index in [0.717, 1.165) is 31.2 Å². The summed E-state index contributed by atoms with van der Waals surface area (Å²) in [6.07, 6.45) is 4.64. The molecular formula is C16H23N3O4. The van der Waals surface area contributed by atoms with Gasteiger partial charge in [-0.1, -0.05) is 25.0 Å². The van der Waals surface area contributed by atoms with Gasteiger partial charge in [-0.3, -0.25) is 10.1 Å². The van der Waals surface area contributed by atoms with Gasteiger partial charge in [0.25, 0.3) is 5.69 Å². The number of carbonyl (C=O) groups is 1. The van der Waals surface area contributed by atoms with Crippen LogP contribution in [0.5, 0.6) is 0 Å². The number of nitro groups is 1. The minimum absolute atomic E-state index is 0.0353. The van der Waals surface area contributed by atoms with Crippen LogP contribution in [0.3, 0.4) is 0 Å². The van der Waals surface area contributed by atoms with Gasteiger partial charge in [-0.15, -0.1) is 0 Å². The Bertz CT molecular complexity index is 533. The Morgan fingerprint density at radius 2 is 1.96 bits per heavy atom. The Hall–Kier alpha value is -2.15. The highest BCUT2D eigenvalue weighted by molar-refractivity contribution is 5.74. The molecule has 1 aliphatic rings. The molecule has 0 aromatic heterocycles. The second kappa shape index (κ2) is 8.47. The summed E-state index contributed by atoms with van der Waals surface area (Å²) in [5.41, 5.74) is 0.994. The van der Waals surface area contributed by atoms with Crippen molar-refractivity contribution in [2.24, 2.45) is 5.92 Å². The number of amides is 2. The lowest BCUT2D eigenvalue weighted by Gasteiger charge is -2.30. The van der Waals surface area contributed by atoms with E-state index in [2.05, 4.69) is 10.6 Å². The second-order valence-corrected chi connectivity index (χ2v) is 5.91. The fourth-order valence-corrected chi connectivity index (χ4v) is 2.94. The number of aliphatic hydroxyl groups is 1. The normalized spacial score (nSPS) is 20.7. The number of hydrogen-bond donors (Lipinski definition) is 3. The fraction of sp³-hybridized carbons (Fsp3) is 0.562. The zero-order valence-corrected chi connectivity index (χ0v) is 13.0. The number of rotatable bonds is 6. The van der Waals surface area contributed by atoms with Gasteiger partial charge in [-0.25, -0.2) is 4.79 Å². The third-order valence-electron chi connectivity index (χ3n) is 4.31. The minimum Gasteiger partial charge on any atom is -0.396 e. The molecule has 1 aliphatic carbocycles. The number of nitro benzene ring substituents is 1. The molecular weight excluding hydrogens is 298 g/mol. The maximum Gasteiger partial charge on any atom is 0.315 e. The van der Waals surface area contributed by atoms with Crippen LogP contribution in [-0.2, 0) is 6.42 Å². The van der Waals surface area contributed by atoms with Gasteiger partial charge in [0, 0.05) is 37.2 Å². The zero-order valence-electron chi connectivity index (χ0n) is 13.0. The van der Waals surface area contributed by atoms with Crippen LogP contribution in [0.15, 0.2) is 24.3 Å². The van der Waals surface area contributed by atoms with E-state index in [9.17, 15) is 20.0 Å². The molecule has 126 valence electrons. The molecule has 0 spiro atoms. The largest absolute Gasteiger partial charge is 0.396 e. The van der Waals surface area contributed by atoms with Crippen molar-refractivity contribution < 1.29 is 14.8 Å². The van der Waals surface area contributed by atoms with Crippen molar-refractivity contribution in [3.05, 3.63) is 39.9 Å². The van der Waals surface area contributed by atoms with Gasteiger partial charge in [0.05, 0.1) is 4.92 Å². The SMILES string of the molecule is O=C(NCCc1ccc([N+](=O)[O-])cc1)NC1CCCCC1CO. The van der Waals surface area contributed by atoms with Crippen LogP contribution in [0.2, 0.25) is 0 Å². The van der Waals surface area contributed by atoms with E-state index in [1.165, 1.54) is 12.1 Å². The molecule has 1 saturated carbocycles. The molecule has 3 N–H and O–H groups in total. The third kappa shape index (κ3) is 5.21. The minimum atomic E-state index is -0.433. The van der Waals surface area contributed by atoms with Crippen LogP contribution in [0.4, 0.5) is 10.5 Å². The van der Waals surface area contributed by atoms with Gasteiger partial charge in [-0.05, 0) is 24.8 Å². The molecule has 2 atom stereocenters. The van der Waals surface area contributed by atoms with E-state index in [0.29, 0.717) is 13.0 Å². The van der Waals surface area contributed by atoms with Crippen molar-refractivity contribution in [1.29, 1.82) is 0 Å². The average molecular weight is 321 g/mol. The lowest BCUT2D eigenvalue weighted by Crippen LogP contribution is -2.48. The van der Waals surface area contributed by atoms with Gasteiger partial charge in [-0.2, -0.15) is 0 Å². The summed E-state index contributed by atoms with van der Waals surface area (Å²) in [6, 6.07) is 6.12. The summed E-state index contributed by atoms with van der Waals surface area (Å²) in [5.74, 6) is 0.143. The Labute approximate surface area is 135 Å². The Kier molecular flexibility index (Phi) is 6.34. The quantitative estimate of drug-likeness (QED) is 0.550. The number of carbonyl (C=O) groups excluding carboxylic acids is 1. The maximum atomic E-state index is 11.9. The van der Waals surface area contributed by atoms with E-state index in [4.69, 9.17) is 0 Å². The van der Waals surface area contributed by atoms with Gasteiger partial charge in [0.15, 0.2) is 0 Å². The predicted octanol–water partition coefficient (Wildman–Crippen LogP) is 1.99. The molecule has 2 unspecified atom stereocenters.